The molecule has 0 amide bonds. The highest BCUT2D eigenvalue weighted by atomic mass is 19.1. The fourth-order valence-electron chi connectivity index (χ4n) is 2.36. The molecule has 1 atom stereocenters. The first-order valence-electron chi connectivity index (χ1n) is 6.92. The van der Waals surface area contributed by atoms with Gasteiger partial charge in [-0.05, 0) is 37.3 Å². The van der Waals surface area contributed by atoms with Gasteiger partial charge in [-0.3, -0.25) is 14.3 Å². The van der Waals surface area contributed by atoms with Crippen molar-refractivity contribution in [1.29, 1.82) is 0 Å². The van der Waals surface area contributed by atoms with E-state index in [9.17, 15) is 9.18 Å². The normalized spacial score (nSPS) is 12.5. The van der Waals surface area contributed by atoms with Crippen molar-refractivity contribution in [3.05, 3.63) is 70.3 Å². The van der Waals surface area contributed by atoms with Crippen molar-refractivity contribution >= 4 is 10.9 Å². The lowest BCUT2D eigenvalue weighted by Crippen LogP contribution is -2.29. The third-order valence-corrected chi connectivity index (χ3v) is 3.40. The maximum Gasteiger partial charge on any atom is 0.261 e. The Hall–Kier alpha value is -2.60. The van der Waals surface area contributed by atoms with Crippen molar-refractivity contribution in [2.24, 2.45) is 5.73 Å². The van der Waals surface area contributed by atoms with Crippen LogP contribution in [0.2, 0.25) is 0 Å². The quantitative estimate of drug-likeness (QED) is 0.802. The smallest absolute Gasteiger partial charge is 0.261 e. The molecule has 2 aromatic heterocycles. The van der Waals surface area contributed by atoms with E-state index in [0.717, 1.165) is 0 Å². The van der Waals surface area contributed by atoms with Crippen molar-refractivity contribution in [3.8, 4) is 0 Å². The molecule has 0 radical (unpaired) electrons. The van der Waals surface area contributed by atoms with E-state index in [1.165, 1.54) is 22.8 Å². The maximum absolute atomic E-state index is 13.4. The van der Waals surface area contributed by atoms with Gasteiger partial charge in [-0.1, -0.05) is 6.07 Å². The molecule has 0 saturated carbocycles. The zero-order valence-corrected chi connectivity index (χ0v) is 12.0. The zero-order valence-electron chi connectivity index (χ0n) is 12.0. The molecule has 0 fully saturated rings. The van der Waals surface area contributed by atoms with Crippen molar-refractivity contribution in [3.63, 3.8) is 0 Å². The highest BCUT2D eigenvalue weighted by Crippen LogP contribution is 2.14. The number of nitrogens with zero attached hydrogens (tertiary/aromatic N) is 3. The number of pyridine rings is 1. The second-order valence-electron chi connectivity index (χ2n) is 5.13. The lowest BCUT2D eigenvalue weighted by atomic mass is 10.2. The summed E-state index contributed by atoms with van der Waals surface area (Å²) in [5.74, 6) is -0.0147. The van der Waals surface area contributed by atoms with E-state index in [1.807, 2.05) is 12.1 Å². The summed E-state index contributed by atoms with van der Waals surface area (Å²) in [6.07, 6.45) is 1.65. The molecule has 22 heavy (non-hydrogen) atoms. The third-order valence-electron chi connectivity index (χ3n) is 3.40. The summed E-state index contributed by atoms with van der Waals surface area (Å²) in [4.78, 5) is 21.3. The van der Waals surface area contributed by atoms with E-state index < -0.39 is 11.9 Å². The van der Waals surface area contributed by atoms with E-state index >= 15 is 0 Å². The molecule has 3 aromatic rings. The summed E-state index contributed by atoms with van der Waals surface area (Å²) < 4.78 is 14.9. The summed E-state index contributed by atoms with van der Waals surface area (Å²) in [5, 5.41) is 0.236. The molecule has 5 nitrogen and oxygen atoms in total. The summed E-state index contributed by atoms with van der Waals surface area (Å²) in [6.45, 7) is 2.00. The number of aromatic nitrogens is 3. The van der Waals surface area contributed by atoms with Crippen LogP contribution in [-0.4, -0.2) is 14.5 Å². The first-order valence-corrected chi connectivity index (χ1v) is 6.92. The molecular formula is C16H15FN4O. The lowest BCUT2D eigenvalue weighted by Gasteiger charge is -2.15. The Morgan fingerprint density at radius 2 is 2.14 bits per heavy atom. The van der Waals surface area contributed by atoms with Gasteiger partial charge in [0.15, 0.2) is 0 Å². The maximum atomic E-state index is 13.4. The van der Waals surface area contributed by atoms with Gasteiger partial charge in [0.2, 0.25) is 0 Å². The molecular weight excluding hydrogens is 283 g/mol. The van der Waals surface area contributed by atoms with Crippen LogP contribution in [0, 0.1) is 5.82 Å². The number of halogens is 1. The number of benzene rings is 1. The SMILES string of the molecule is CC(N)c1nc2ccc(F)cc2c(=O)n1Cc1ccccn1. The minimum Gasteiger partial charge on any atom is -0.322 e. The molecule has 2 heterocycles. The standard InChI is InChI=1S/C16H15FN4O/c1-10(18)15-20-14-6-5-11(17)8-13(14)16(22)21(15)9-12-4-2-3-7-19-12/h2-8,10H,9,18H2,1H3. The summed E-state index contributed by atoms with van der Waals surface area (Å²) in [7, 11) is 0. The molecule has 6 heteroatoms. The predicted molar refractivity (Wildman–Crippen MR) is 81.9 cm³/mol. The van der Waals surface area contributed by atoms with E-state index in [2.05, 4.69) is 9.97 Å². The molecule has 0 spiro atoms. The van der Waals surface area contributed by atoms with Crippen LogP contribution in [-0.2, 0) is 6.54 Å². The highest BCUT2D eigenvalue weighted by molar-refractivity contribution is 5.77. The Labute approximate surface area is 126 Å². The third kappa shape index (κ3) is 2.60. The van der Waals surface area contributed by atoms with Crippen LogP contribution in [0.15, 0.2) is 47.4 Å². The van der Waals surface area contributed by atoms with Gasteiger partial charge in [0.1, 0.15) is 11.6 Å². The first-order chi connectivity index (χ1) is 10.6. The molecule has 0 saturated heterocycles. The summed E-state index contributed by atoms with van der Waals surface area (Å²) in [5.41, 5.74) is 6.78. The lowest BCUT2D eigenvalue weighted by molar-refractivity contribution is 0.610. The van der Waals surface area contributed by atoms with E-state index in [4.69, 9.17) is 5.73 Å². The van der Waals surface area contributed by atoms with Crippen LogP contribution in [0.5, 0.6) is 0 Å². The number of hydrogen-bond donors (Lipinski definition) is 1. The Morgan fingerprint density at radius 1 is 1.32 bits per heavy atom. The summed E-state index contributed by atoms with van der Waals surface area (Å²) >= 11 is 0. The number of fused-ring (bicyclic) bond motifs is 1. The van der Waals surface area contributed by atoms with Gasteiger partial charge in [-0.15, -0.1) is 0 Å². The second kappa shape index (κ2) is 5.65. The fourth-order valence-corrected chi connectivity index (χ4v) is 2.36. The Balaban J connectivity index is 2.24. The van der Waals surface area contributed by atoms with Crippen molar-refractivity contribution in [2.75, 3.05) is 0 Å². The Bertz CT molecular complexity index is 874. The van der Waals surface area contributed by atoms with Gasteiger partial charge in [-0.25, -0.2) is 9.37 Å². The average molecular weight is 298 g/mol. The van der Waals surface area contributed by atoms with Crippen molar-refractivity contribution in [2.45, 2.75) is 19.5 Å². The summed E-state index contributed by atoms with van der Waals surface area (Å²) in [6, 6.07) is 8.99. The monoisotopic (exact) mass is 298 g/mol. The van der Waals surface area contributed by atoms with Gasteiger partial charge >= 0.3 is 0 Å². The Morgan fingerprint density at radius 3 is 2.82 bits per heavy atom. The molecule has 0 aliphatic rings. The molecule has 1 aromatic carbocycles. The molecule has 3 rings (SSSR count). The minimum atomic E-state index is -0.468. The van der Waals surface area contributed by atoms with Crippen LogP contribution in [0.4, 0.5) is 4.39 Å². The molecule has 0 aliphatic heterocycles. The van der Waals surface area contributed by atoms with Crippen LogP contribution in [0.1, 0.15) is 24.5 Å². The van der Waals surface area contributed by atoms with Crippen LogP contribution in [0.3, 0.4) is 0 Å². The van der Waals surface area contributed by atoms with Gasteiger partial charge in [-0.2, -0.15) is 0 Å². The number of nitrogens with two attached hydrogens (primary N) is 1. The van der Waals surface area contributed by atoms with Gasteiger partial charge in [0.25, 0.3) is 5.56 Å². The first kappa shape index (κ1) is 14.3. The minimum absolute atomic E-state index is 0.236. The molecule has 1 unspecified atom stereocenters. The molecule has 0 aliphatic carbocycles. The molecule has 0 bridgehead atoms. The van der Waals surface area contributed by atoms with E-state index in [0.29, 0.717) is 17.0 Å². The fraction of sp³-hybridized carbons (Fsp3) is 0.188. The molecule has 112 valence electrons. The average Bonchev–Trinajstić information content (AvgIpc) is 2.51. The van der Waals surface area contributed by atoms with E-state index in [1.54, 1.807) is 19.2 Å². The highest BCUT2D eigenvalue weighted by Gasteiger charge is 2.15. The second-order valence-corrected chi connectivity index (χ2v) is 5.13. The molecule has 2 N–H and O–H groups in total. The van der Waals surface area contributed by atoms with Crippen LogP contribution < -0.4 is 11.3 Å². The predicted octanol–water partition coefficient (Wildman–Crippen LogP) is 2.00. The van der Waals surface area contributed by atoms with Crippen molar-refractivity contribution in [1.82, 2.24) is 14.5 Å². The van der Waals surface area contributed by atoms with Gasteiger partial charge in [0.05, 0.1) is 29.2 Å². The Kier molecular flexibility index (Phi) is 3.68. The van der Waals surface area contributed by atoms with Crippen LogP contribution >= 0.6 is 0 Å². The van der Waals surface area contributed by atoms with Gasteiger partial charge < -0.3 is 5.73 Å². The van der Waals surface area contributed by atoms with Crippen LogP contribution in [0.25, 0.3) is 10.9 Å². The number of hydrogen-bond acceptors (Lipinski definition) is 4. The zero-order chi connectivity index (χ0) is 15.7. The van der Waals surface area contributed by atoms with Crippen molar-refractivity contribution < 1.29 is 4.39 Å². The topological polar surface area (TPSA) is 73.8 Å². The van der Waals surface area contributed by atoms with Gasteiger partial charge in [0, 0.05) is 6.20 Å². The van der Waals surface area contributed by atoms with E-state index in [-0.39, 0.29) is 17.5 Å². The number of rotatable bonds is 3. The largest absolute Gasteiger partial charge is 0.322 e.